The standard InChI is InChI=1S/C30H31N5O4/c1-33-16-21(14-31-33)20-4-2-19(3-5-20)15-34-12-10-30(11-13-34)18-39-27-23-17-35(25-8-9-26(36)32-28(25)37)29(38)22(23)6-7-24(27)30/h2-7,14,16,25H,8-13,15,17-18H2,1H3,(H,32,36,37). The van der Waals surface area contributed by atoms with Gasteiger partial charge in [-0.05, 0) is 49.5 Å². The summed E-state index contributed by atoms with van der Waals surface area (Å²) in [7, 11) is 1.93. The average molecular weight is 526 g/mol. The summed E-state index contributed by atoms with van der Waals surface area (Å²) < 4.78 is 8.13. The molecule has 3 amide bonds. The van der Waals surface area contributed by atoms with Crippen molar-refractivity contribution in [2.45, 2.75) is 50.2 Å². The second-order valence-corrected chi connectivity index (χ2v) is 11.3. The molecule has 7 rings (SSSR count). The third kappa shape index (κ3) is 4.03. The molecule has 4 aliphatic heterocycles. The van der Waals surface area contributed by atoms with Crippen LogP contribution in [0.1, 0.15) is 52.7 Å². The highest BCUT2D eigenvalue weighted by molar-refractivity contribution is 6.05. The molecule has 1 spiro atoms. The number of fused-ring (bicyclic) bond motifs is 4. The zero-order valence-electron chi connectivity index (χ0n) is 22.0. The quantitative estimate of drug-likeness (QED) is 0.527. The number of likely N-dealkylation sites (tertiary alicyclic amines) is 1. The van der Waals surface area contributed by atoms with Crippen LogP contribution in [-0.4, -0.2) is 63.0 Å². The topological polar surface area (TPSA) is 96.8 Å². The third-order valence-electron chi connectivity index (χ3n) is 8.94. The van der Waals surface area contributed by atoms with E-state index >= 15 is 0 Å². The molecule has 0 bridgehead atoms. The van der Waals surface area contributed by atoms with Gasteiger partial charge in [0, 0.05) is 53.9 Å². The molecule has 0 radical (unpaired) electrons. The lowest BCUT2D eigenvalue weighted by Crippen LogP contribution is -2.52. The minimum absolute atomic E-state index is 0.0455. The first-order valence-corrected chi connectivity index (χ1v) is 13.6. The van der Waals surface area contributed by atoms with Gasteiger partial charge in [-0.3, -0.25) is 29.3 Å². The number of hydrogen-bond donors (Lipinski definition) is 1. The van der Waals surface area contributed by atoms with Crippen molar-refractivity contribution in [2.24, 2.45) is 7.05 Å². The lowest BCUT2D eigenvalue weighted by Gasteiger charge is -2.38. The zero-order valence-corrected chi connectivity index (χ0v) is 22.0. The fourth-order valence-electron chi connectivity index (χ4n) is 6.67. The van der Waals surface area contributed by atoms with Gasteiger partial charge in [-0.25, -0.2) is 0 Å². The number of carbonyl (C=O) groups is 3. The number of rotatable bonds is 4. The van der Waals surface area contributed by atoms with Gasteiger partial charge in [-0.15, -0.1) is 0 Å². The summed E-state index contributed by atoms with van der Waals surface area (Å²) in [5, 5.41) is 6.64. The van der Waals surface area contributed by atoms with E-state index in [-0.39, 0.29) is 29.6 Å². The molecule has 2 saturated heterocycles. The molecule has 2 fully saturated rings. The molecule has 0 saturated carbocycles. The van der Waals surface area contributed by atoms with E-state index in [9.17, 15) is 14.4 Å². The Kier molecular flexibility index (Phi) is 5.59. The van der Waals surface area contributed by atoms with Crippen molar-refractivity contribution in [3.8, 4) is 16.9 Å². The van der Waals surface area contributed by atoms with E-state index in [1.54, 1.807) is 4.90 Å². The van der Waals surface area contributed by atoms with Gasteiger partial charge in [0.2, 0.25) is 11.8 Å². The van der Waals surface area contributed by atoms with Crippen molar-refractivity contribution in [2.75, 3.05) is 19.7 Å². The summed E-state index contributed by atoms with van der Waals surface area (Å²) in [6, 6.07) is 12.1. The first-order valence-electron chi connectivity index (χ1n) is 13.6. The maximum atomic E-state index is 13.2. The lowest BCUT2D eigenvalue weighted by molar-refractivity contribution is -0.136. The number of imide groups is 1. The molecule has 5 heterocycles. The number of amides is 3. The molecule has 1 unspecified atom stereocenters. The van der Waals surface area contributed by atoms with Gasteiger partial charge >= 0.3 is 0 Å². The predicted octanol–water partition coefficient (Wildman–Crippen LogP) is 2.77. The van der Waals surface area contributed by atoms with Crippen LogP contribution in [-0.2, 0) is 35.1 Å². The maximum Gasteiger partial charge on any atom is 0.255 e. The van der Waals surface area contributed by atoms with Gasteiger partial charge in [0.25, 0.3) is 5.91 Å². The molecular formula is C30H31N5O4. The summed E-state index contributed by atoms with van der Waals surface area (Å²) in [5.74, 6) is 0.00601. The largest absolute Gasteiger partial charge is 0.492 e. The lowest BCUT2D eigenvalue weighted by atomic mass is 9.74. The summed E-state index contributed by atoms with van der Waals surface area (Å²) in [4.78, 5) is 41.3. The number of ether oxygens (including phenoxy) is 1. The van der Waals surface area contributed by atoms with Gasteiger partial charge < -0.3 is 9.64 Å². The Morgan fingerprint density at radius 3 is 2.56 bits per heavy atom. The minimum Gasteiger partial charge on any atom is -0.492 e. The number of aryl methyl sites for hydroxylation is 1. The number of hydrogen-bond acceptors (Lipinski definition) is 6. The normalized spacial score (nSPS) is 22.1. The summed E-state index contributed by atoms with van der Waals surface area (Å²) in [6.07, 6.45) is 6.52. The Morgan fingerprint density at radius 2 is 1.85 bits per heavy atom. The molecule has 0 aliphatic carbocycles. The molecule has 4 aliphatic rings. The van der Waals surface area contributed by atoms with E-state index < -0.39 is 6.04 Å². The van der Waals surface area contributed by atoms with Crippen LogP contribution in [0.5, 0.6) is 5.75 Å². The van der Waals surface area contributed by atoms with Crippen LogP contribution in [0.2, 0.25) is 0 Å². The van der Waals surface area contributed by atoms with E-state index in [1.807, 2.05) is 30.2 Å². The van der Waals surface area contributed by atoms with E-state index in [4.69, 9.17) is 4.74 Å². The van der Waals surface area contributed by atoms with Crippen LogP contribution >= 0.6 is 0 Å². The molecule has 9 heteroatoms. The molecule has 200 valence electrons. The van der Waals surface area contributed by atoms with Crippen LogP contribution in [0.4, 0.5) is 0 Å². The van der Waals surface area contributed by atoms with Crippen molar-refractivity contribution in [3.63, 3.8) is 0 Å². The second kappa shape index (κ2) is 9.05. The number of benzene rings is 2. The molecule has 1 atom stereocenters. The van der Waals surface area contributed by atoms with Gasteiger partial charge in [0.1, 0.15) is 11.8 Å². The fourth-order valence-corrected chi connectivity index (χ4v) is 6.67. The number of piperidine rings is 2. The number of nitrogens with one attached hydrogen (secondary N) is 1. The fraction of sp³-hybridized carbons (Fsp3) is 0.400. The molecule has 1 aromatic heterocycles. The van der Waals surface area contributed by atoms with Crippen LogP contribution in [0.15, 0.2) is 48.8 Å². The van der Waals surface area contributed by atoms with Crippen LogP contribution in [0, 0.1) is 0 Å². The van der Waals surface area contributed by atoms with Crippen LogP contribution in [0.3, 0.4) is 0 Å². The Labute approximate surface area is 226 Å². The van der Waals surface area contributed by atoms with E-state index in [0.29, 0.717) is 25.1 Å². The van der Waals surface area contributed by atoms with Gasteiger partial charge in [-0.2, -0.15) is 5.10 Å². The predicted molar refractivity (Wildman–Crippen MR) is 143 cm³/mol. The van der Waals surface area contributed by atoms with Crippen molar-refractivity contribution in [1.82, 2.24) is 24.9 Å². The minimum atomic E-state index is -0.615. The molecule has 9 nitrogen and oxygen atoms in total. The molecule has 1 N–H and O–H groups in total. The molecular weight excluding hydrogens is 494 g/mol. The highest BCUT2D eigenvalue weighted by Gasteiger charge is 2.47. The Morgan fingerprint density at radius 1 is 1.05 bits per heavy atom. The Bertz CT molecular complexity index is 1490. The second-order valence-electron chi connectivity index (χ2n) is 11.3. The SMILES string of the molecule is Cn1cc(-c2ccc(CN3CCC4(CC3)COc3c4ccc4c3CN(C3CCC(=O)NC3=O)C4=O)cc2)cn1. The van der Waals surface area contributed by atoms with Crippen molar-refractivity contribution in [1.29, 1.82) is 0 Å². The molecule has 3 aromatic rings. The highest BCUT2D eigenvalue weighted by atomic mass is 16.5. The van der Waals surface area contributed by atoms with E-state index in [2.05, 4.69) is 45.6 Å². The van der Waals surface area contributed by atoms with Gasteiger partial charge in [0.05, 0.1) is 19.3 Å². The smallest absolute Gasteiger partial charge is 0.255 e. The van der Waals surface area contributed by atoms with Crippen molar-refractivity contribution >= 4 is 17.7 Å². The van der Waals surface area contributed by atoms with Crippen LogP contribution < -0.4 is 10.1 Å². The van der Waals surface area contributed by atoms with Crippen molar-refractivity contribution < 1.29 is 19.1 Å². The number of carbonyl (C=O) groups excluding carboxylic acids is 3. The van der Waals surface area contributed by atoms with Gasteiger partial charge in [0.15, 0.2) is 0 Å². The number of aromatic nitrogens is 2. The van der Waals surface area contributed by atoms with E-state index in [0.717, 1.165) is 49.4 Å². The Balaban J connectivity index is 1.03. The van der Waals surface area contributed by atoms with Crippen LogP contribution in [0.25, 0.3) is 11.1 Å². The number of nitrogens with zero attached hydrogens (tertiary/aromatic N) is 4. The Hall–Kier alpha value is -3.98. The molecule has 2 aromatic carbocycles. The molecule has 39 heavy (non-hydrogen) atoms. The van der Waals surface area contributed by atoms with Gasteiger partial charge in [-0.1, -0.05) is 30.3 Å². The maximum absolute atomic E-state index is 13.2. The average Bonchev–Trinajstić information content (AvgIpc) is 3.62. The summed E-state index contributed by atoms with van der Waals surface area (Å²) >= 11 is 0. The third-order valence-corrected chi connectivity index (χ3v) is 8.94. The van der Waals surface area contributed by atoms with Crippen molar-refractivity contribution in [3.05, 3.63) is 71.0 Å². The monoisotopic (exact) mass is 525 g/mol. The summed E-state index contributed by atoms with van der Waals surface area (Å²) in [5.41, 5.74) is 6.24. The first kappa shape index (κ1) is 24.1. The highest BCUT2D eigenvalue weighted by Crippen LogP contribution is 2.49. The van der Waals surface area contributed by atoms with E-state index in [1.165, 1.54) is 16.7 Å². The zero-order chi connectivity index (χ0) is 26.7. The summed E-state index contributed by atoms with van der Waals surface area (Å²) in [6.45, 7) is 3.84. The first-order chi connectivity index (χ1) is 18.9.